The molecule has 0 spiro atoms. The van der Waals surface area contributed by atoms with Gasteiger partial charge in [-0.3, -0.25) is 9.69 Å². The van der Waals surface area contributed by atoms with Gasteiger partial charge in [0.05, 0.1) is 6.54 Å². The van der Waals surface area contributed by atoms with E-state index in [1.165, 1.54) is 0 Å². The number of benzene rings is 1. The molecule has 0 radical (unpaired) electrons. The number of carbonyl (C=O) groups excluding carboxylic acids is 1. The molecule has 146 valence electrons. The molecule has 1 amide bonds. The highest BCUT2D eigenvalue weighted by Gasteiger charge is 2.23. The van der Waals surface area contributed by atoms with E-state index in [0.29, 0.717) is 24.1 Å². The fraction of sp³-hybridized carbons (Fsp3) is 0.350. The van der Waals surface area contributed by atoms with E-state index < -0.39 is 0 Å². The number of aromatic nitrogens is 2. The molecule has 3 heterocycles. The van der Waals surface area contributed by atoms with Crippen molar-refractivity contribution in [3.63, 3.8) is 0 Å². The third kappa shape index (κ3) is 4.51. The van der Waals surface area contributed by atoms with Crippen molar-refractivity contribution >= 4 is 21.8 Å². The van der Waals surface area contributed by atoms with Crippen LogP contribution in [0.1, 0.15) is 35.0 Å². The molecule has 1 aliphatic heterocycles. The molecular formula is C20H21BrN4O3. The topological polar surface area (TPSA) is 84.4 Å². The Morgan fingerprint density at radius 3 is 2.57 bits per heavy atom. The molecule has 4 rings (SSSR count). The van der Waals surface area contributed by atoms with E-state index in [1.807, 2.05) is 31.2 Å². The average Bonchev–Trinajstić information content (AvgIpc) is 3.33. The van der Waals surface area contributed by atoms with Gasteiger partial charge in [-0.2, -0.15) is 0 Å². The molecule has 1 fully saturated rings. The van der Waals surface area contributed by atoms with Crippen LogP contribution >= 0.6 is 15.9 Å². The van der Waals surface area contributed by atoms with E-state index in [1.54, 1.807) is 12.1 Å². The van der Waals surface area contributed by atoms with Crippen LogP contribution in [-0.2, 0) is 6.54 Å². The second-order valence-electron chi connectivity index (χ2n) is 6.94. The number of nitrogens with zero attached hydrogens (tertiary/aromatic N) is 3. The van der Waals surface area contributed by atoms with Crippen LogP contribution in [0, 0.1) is 6.92 Å². The number of hydrogen-bond acceptors (Lipinski definition) is 6. The number of nitrogens with one attached hydrogen (secondary N) is 1. The largest absolute Gasteiger partial charge is 0.456 e. The van der Waals surface area contributed by atoms with E-state index in [9.17, 15) is 4.79 Å². The summed E-state index contributed by atoms with van der Waals surface area (Å²) in [6.07, 6.45) is 1.75. The number of furan rings is 1. The first-order valence-electron chi connectivity index (χ1n) is 9.25. The molecule has 1 aliphatic rings. The van der Waals surface area contributed by atoms with E-state index in [0.717, 1.165) is 41.7 Å². The monoisotopic (exact) mass is 444 g/mol. The molecule has 1 aromatic carbocycles. The van der Waals surface area contributed by atoms with Crippen molar-refractivity contribution in [2.75, 3.05) is 13.1 Å². The van der Waals surface area contributed by atoms with Gasteiger partial charge in [-0.15, -0.1) is 10.2 Å². The van der Waals surface area contributed by atoms with Gasteiger partial charge < -0.3 is 14.2 Å². The average molecular weight is 445 g/mol. The lowest BCUT2D eigenvalue weighted by atomic mass is 10.0. The van der Waals surface area contributed by atoms with Crippen LogP contribution in [0.4, 0.5) is 0 Å². The van der Waals surface area contributed by atoms with Crippen LogP contribution in [0.15, 0.2) is 49.7 Å². The highest BCUT2D eigenvalue weighted by Crippen LogP contribution is 2.21. The third-order valence-corrected chi connectivity index (χ3v) is 5.33. The quantitative estimate of drug-likeness (QED) is 0.644. The van der Waals surface area contributed by atoms with Crippen LogP contribution in [0.2, 0.25) is 0 Å². The van der Waals surface area contributed by atoms with Gasteiger partial charge in [0.2, 0.25) is 11.8 Å². The van der Waals surface area contributed by atoms with Crippen LogP contribution in [0.5, 0.6) is 0 Å². The van der Waals surface area contributed by atoms with Crippen molar-refractivity contribution in [1.29, 1.82) is 0 Å². The molecule has 1 N–H and O–H groups in total. The van der Waals surface area contributed by atoms with E-state index in [2.05, 4.69) is 36.3 Å². The summed E-state index contributed by atoms with van der Waals surface area (Å²) in [5.74, 6) is 2.08. The van der Waals surface area contributed by atoms with Gasteiger partial charge in [0.15, 0.2) is 5.76 Å². The molecule has 28 heavy (non-hydrogen) atoms. The van der Waals surface area contributed by atoms with Crippen molar-refractivity contribution in [1.82, 2.24) is 20.4 Å². The summed E-state index contributed by atoms with van der Waals surface area (Å²) < 4.78 is 12.2. The zero-order chi connectivity index (χ0) is 19.5. The zero-order valence-electron chi connectivity index (χ0n) is 15.5. The predicted octanol–water partition coefficient (Wildman–Crippen LogP) is 3.79. The molecule has 8 heteroatoms. The minimum atomic E-state index is -0.150. The van der Waals surface area contributed by atoms with Crippen molar-refractivity contribution in [3.8, 4) is 11.5 Å². The van der Waals surface area contributed by atoms with Gasteiger partial charge in [0.25, 0.3) is 5.91 Å². The van der Waals surface area contributed by atoms with Gasteiger partial charge in [0.1, 0.15) is 5.76 Å². The fourth-order valence-electron chi connectivity index (χ4n) is 3.27. The number of hydrogen-bond donors (Lipinski definition) is 1. The van der Waals surface area contributed by atoms with Crippen molar-refractivity contribution < 1.29 is 13.6 Å². The molecule has 0 bridgehead atoms. The second kappa shape index (κ2) is 8.28. The molecule has 2 aromatic heterocycles. The summed E-state index contributed by atoms with van der Waals surface area (Å²) in [4.78, 5) is 14.5. The highest BCUT2D eigenvalue weighted by molar-refractivity contribution is 9.10. The molecule has 0 atom stereocenters. The summed E-state index contributed by atoms with van der Waals surface area (Å²) in [7, 11) is 0. The number of halogens is 1. The molecule has 7 nitrogen and oxygen atoms in total. The SMILES string of the molecule is Cc1ccc(C(=O)NC2CCN(Cc3nnc(-c4ccc(Br)cc4)o3)CC2)o1. The summed E-state index contributed by atoms with van der Waals surface area (Å²) in [5.41, 5.74) is 0.900. The van der Waals surface area contributed by atoms with Crippen LogP contribution < -0.4 is 5.32 Å². The van der Waals surface area contributed by atoms with E-state index in [4.69, 9.17) is 8.83 Å². The van der Waals surface area contributed by atoms with Crippen LogP contribution in [0.25, 0.3) is 11.5 Å². The van der Waals surface area contributed by atoms with Crippen LogP contribution in [-0.4, -0.2) is 40.1 Å². The Hall–Kier alpha value is -2.45. The predicted molar refractivity (Wildman–Crippen MR) is 107 cm³/mol. The number of piperidine rings is 1. The maximum absolute atomic E-state index is 12.2. The van der Waals surface area contributed by atoms with Gasteiger partial charge >= 0.3 is 0 Å². The second-order valence-corrected chi connectivity index (χ2v) is 7.86. The van der Waals surface area contributed by atoms with Crippen molar-refractivity contribution in [2.24, 2.45) is 0 Å². The molecule has 0 saturated carbocycles. The third-order valence-electron chi connectivity index (χ3n) is 4.80. The zero-order valence-corrected chi connectivity index (χ0v) is 17.1. The maximum Gasteiger partial charge on any atom is 0.287 e. The number of aryl methyl sites for hydroxylation is 1. The number of rotatable bonds is 5. The van der Waals surface area contributed by atoms with Gasteiger partial charge in [-0.25, -0.2) is 0 Å². The number of likely N-dealkylation sites (tertiary alicyclic amines) is 1. The molecule has 1 saturated heterocycles. The molecule has 0 unspecified atom stereocenters. The van der Waals surface area contributed by atoms with Crippen molar-refractivity contribution in [2.45, 2.75) is 32.4 Å². The number of carbonyl (C=O) groups is 1. The van der Waals surface area contributed by atoms with Gasteiger partial charge in [-0.05, 0) is 56.2 Å². The standard InChI is InChI=1S/C20H21BrN4O3/c1-13-2-7-17(27-13)19(26)22-16-8-10-25(11-9-16)12-18-23-24-20(28-18)14-3-5-15(21)6-4-14/h2-7,16H,8-12H2,1H3,(H,22,26). The van der Waals surface area contributed by atoms with E-state index >= 15 is 0 Å². The minimum absolute atomic E-state index is 0.148. The summed E-state index contributed by atoms with van der Waals surface area (Å²) >= 11 is 3.42. The maximum atomic E-state index is 12.2. The summed E-state index contributed by atoms with van der Waals surface area (Å²) in [6.45, 7) is 4.16. The summed E-state index contributed by atoms with van der Waals surface area (Å²) in [5, 5.41) is 11.4. The van der Waals surface area contributed by atoms with E-state index in [-0.39, 0.29) is 11.9 Å². The Morgan fingerprint density at radius 2 is 1.89 bits per heavy atom. The number of amides is 1. The molecule has 0 aliphatic carbocycles. The molecular weight excluding hydrogens is 424 g/mol. The lowest BCUT2D eigenvalue weighted by Gasteiger charge is -2.31. The van der Waals surface area contributed by atoms with Crippen molar-refractivity contribution in [3.05, 3.63) is 58.3 Å². The Labute approximate surface area is 171 Å². The first-order valence-corrected chi connectivity index (χ1v) is 10.0. The van der Waals surface area contributed by atoms with Gasteiger partial charge in [0, 0.05) is 29.2 Å². The first kappa shape index (κ1) is 18.9. The lowest BCUT2D eigenvalue weighted by Crippen LogP contribution is -2.44. The summed E-state index contributed by atoms with van der Waals surface area (Å²) in [6, 6.07) is 11.4. The lowest BCUT2D eigenvalue weighted by molar-refractivity contribution is 0.0876. The van der Waals surface area contributed by atoms with Crippen LogP contribution in [0.3, 0.4) is 0 Å². The minimum Gasteiger partial charge on any atom is -0.456 e. The normalized spacial score (nSPS) is 15.6. The Kier molecular flexibility index (Phi) is 5.59. The smallest absolute Gasteiger partial charge is 0.287 e. The Bertz CT molecular complexity index is 943. The Balaban J connectivity index is 1.28. The fourth-order valence-corrected chi connectivity index (χ4v) is 3.53. The molecule has 3 aromatic rings. The first-order chi connectivity index (χ1) is 13.6. The Morgan fingerprint density at radius 1 is 1.14 bits per heavy atom. The van der Waals surface area contributed by atoms with Gasteiger partial charge in [-0.1, -0.05) is 15.9 Å². The highest BCUT2D eigenvalue weighted by atomic mass is 79.9.